The number of hydrogen-bond acceptors (Lipinski definition) is 4. The zero-order valence-electron chi connectivity index (χ0n) is 17.3. The van der Waals surface area contributed by atoms with Gasteiger partial charge < -0.3 is 10.1 Å². The van der Waals surface area contributed by atoms with Crippen molar-refractivity contribution in [3.8, 4) is 11.6 Å². The molecule has 3 rings (SSSR count). The summed E-state index contributed by atoms with van der Waals surface area (Å²) >= 11 is 6.50. The van der Waals surface area contributed by atoms with Gasteiger partial charge in [0, 0.05) is 25.0 Å². The summed E-state index contributed by atoms with van der Waals surface area (Å²) in [6.07, 6.45) is 0.700. The molecule has 0 radical (unpaired) electrons. The number of hydrogen-bond donors (Lipinski definition) is 1. The lowest BCUT2D eigenvalue weighted by Gasteiger charge is -2.13. The van der Waals surface area contributed by atoms with Crippen molar-refractivity contribution in [1.82, 2.24) is 9.97 Å². The fraction of sp³-hybridized carbons (Fsp3) is 0.304. The monoisotopic (exact) mass is 449 g/mol. The Morgan fingerprint density at radius 1 is 0.968 bits per heavy atom. The van der Waals surface area contributed by atoms with Gasteiger partial charge in [0.25, 0.3) is 0 Å². The molecule has 2 aromatic heterocycles. The van der Waals surface area contributed by atoms with Crippen LogP contribution in [0.2, 0.25) is 5.02 Å². The largest absolute Gasteiger partial charge is 0.439 e. The van der Waals surface area contributed by atoms with Crippen molar-refractivity contribution in [2.45, 2.75) is 39.3 Å². The molecule has 0 saturated carbocycles. The Balaban J connectivity index is 1.55. The van der Waals surface area contributed by atoms with E-state index in [0.29, 0.717) is 23.1 Å². The highest BCUT2D eigenvalue weighted by molar-refractivity contribution is 6.33. The van der Waals surface area contributed by atoms with Gasteiger partial charge in [-0.2, -0.15) is 13.2 Å². The minimum absolute atomic E-state index is 0.102. The SMILES string of the molecule is CCc1cnc(NCCc2ccc(Oc3ccc(C(F)(F)F)cn3)cc2)c(Cl)c1CC. The Kier molecular flexibility index (Phi) is 7.38. The van der Waals surface area contributed by atoms with E-state index in [1.807, 2.05) is 18.3 Å². The molecule has 0 aliphatic carbocycles. The number of nitrogens with zero attached hydrogens (tertiary/aromatic N) is 2. The Morgan fingerprint density at radius 2 is 1.71 bits per heavy atom. The molecule has 0 fully saturated rings. The normalized spacial score (nSPS) is 11.4. The fourth-order valence-electron chi connectivity index (χ4n) is 3.15. The van der Waals surface area contributed by atoms with Crippen LogP contribution in [0.3, 0.4) is 0 Å². The number of pyridine rings is 2. The second-order valence-corrected chi connectivity index (χ2v) is 7.32. The summed E-state index contributed by atoms with van der Waals surface area (Å²) < 4.78 is 43.3. The van der Waals surface area contributed by atoms with E-state index in [4.69, 9.17) is 16.3 Å². The molecule has 2 heterocycles. The predicted octanol–water partition coefficient (Wildman–Crippen LogP) is 6.72. The third kappa shape index (κ3) is 5.88. The van der Waals surface area contributed by atoms with Crippen molar-refractivity contribution < 1.29 is 17.9 Å². The first-order chi connectivity index (χ1) is 14.8. The first-order valence-electron chi connectivity index (χ1n) is 10.0. The van der Waals surface area contributed by atoms with Crippen LogP contribution in [-0.4, -0.2) is 16.5 Å². The van der Waals surface area contributed by atoms with Crippen molar-refractivity contribution in [3.05, 3.63) is 76.1 Å². The molecule has 8 heteroatoms. The number of anilines is 1. The van der Waals surface area contributed by atoms with Crippen molar-refractivity contribution in [3.63, 3.8) is 0 Å². The third-order valence-corrected chi connectivity index (χ3v) is 5.27. The summed E-state index contributed by atoms with van der Waals surface area (Å²) in [4.78, 5) is 8.14. The molecule has 1 N–H and O–H groups in total. The van der Waals surface area contributed by atoms with Gasteiger partial charge in [-0.15, -0.1) is 0 Å². The molecule has 0 saturated heterocycles. The van der Waals surface area contributed by atoms with Gasteiger partial charge in [-0.1, -0.05) is 37.6 Å². The van der Waals surface area contributed by atoms with E-state index < -0.39 is 11.7 Å². The van der Waals surface area contributed by atoms with Crippen LogP contribution in [0.4, 0.5) is 19.0 Å². The van der Waals surface area contributed by atoms with Gasteiger partial charge in [-0.3, -0.25) is 0 Å². The lowest BCUT2D eigenvalue weighted by atomic mass is 10.1. The number of halogens is 4. The lowest BCUT2D eigenvalue weighted by molar-refractivity contribution is -0.137. The molecule has 0 bridgehead atoms. The Labute approximate surface area is 184 Å². The molecule has 0 amide bonds. The minimum atomic E-state index is -4.42. The van der Waals surface area contributed by atoms with Crippen LogP contribution in [0.1, 0.15) is 36.1 Å². The van der Waals surface area contributed by atoms with Crippen LogP contribution in [0, 0.1) is 0 Å². The van der Waals surface area contributed by atoms with Crippen LogP contribution in [-0.2, 0) is 25.4 Å². The first-order valence-corrected chi connectivity index (χ1v) is 10.4. The van der Waals surface area contributed by atoms with Gasteiger partial charge in [0.15, 0.2) is 0 Å². The predicted molar refractivity (Wildman–Crippen MR) is 116 cm³/mol. The topological polar surface area (TPSA) is 47.0 Å². The summed E-state index contributed by atoms with van der Waals surface area (Å²) in [6.45, 7) is 4.82. The Morgan fingerprint density at radius 3 is 2.29 bits per heavy atom. The van der Waals surface area contributed by atoms with E-state index in [-0.39, 0.29) is 5.88 Å². The second kappa shape index (κ2) is 10.0. The maximum absolute atomic E-state index is 12.6. The highest BCUT2D eigenvalue weighted by Crippen LogP contribution is 2.30. The highest BCUT2D eigenvalue weighted by Gasteiger charge is 2.30. The fourth-order valence-corrected chi connectivity index (χ4v) is 3.52. The smallest absolute Gasteiger partial charge is 0.417 e. The van der Waals surface area contributed by atoms with Crippen LogP contribution in [0.5, 0.6) is 11.6 Å². The molecule has 31 heavy (non-hydrogen) atoms. The summed E-state index contributed by atoms with van der Waals surface area (Å²) in [6, 6.07) is 9.45. The molecule has 3 aromatic rings. The van der Waals surface area contributed by atoms with Gasteiger partial charge in [0.1, 0.15) is 11.6 Å². The van der Waals surface area contributed by atoms with E-state index in [9.17, 15) is 13.2 Å². The summed E-state index contributed by atoms with van der Waals surface area (Å²) in [5, 5.41) is 3.96. The summed E-state index contributed by atoms with van der Waals surface area (Å²) in [7, 11) is 0. The van der Waals surface area contributed by atoms with Gasteiger partial charge in [0.05, 0.1) is 10.6 Å². The van der Waals surface area contributed by atoms with Crippen molar-refractivity contribution in [1.29, 1.82) is 0 Å². The maximum atomic E-state index is 12.6. The number of aromatic nitrogens is 2. The molecule has 0 aliphatic heterocycles. The standard InChI is InChI=1S/C23H23ClF3N3O/c1-3-16-13-30-22(21(24)19(16)4-2)28-12-11-15-5-8-18(9-6-15)31-20-10-7-17(14-29-20)23(25,26)27/h5-10,13-14H,3-4,11-12H2,1-2H3,(H,28,30). The quantitative estimate of drug-likeness (QED) is 0.414. The van der Waals surface area contributed by atoms with Crippen molar-refractivity contribution >= 4 is 17.4 Å². The molecule has 0 atom stereocenters. The number of aryl methyl sites for hydroxylation is 1. The van der Waals surface area contributed by atoms with Crippen LogP contribution >= 0.6 is 11.6 Å². The van der Waals surface area contributed by atoms with Crippen LogP contribution in [0.15, 0.2) is 48.8 Å². The third-order valence-electron chi connectivity index (χ3n) is 4.86. The number of benzene rings is 1. The highest BCUT2D eigenvalue weighted by atomic mass is 35.5. The molecule has 0 unspecified atom stereocenters. The molecule has 0 aliphatic rings. The molecular weight excluding hydrogens is 427 g/mol. The average molecular weight is 450 g/mol. The minimum Gasteiger partial charge on any atom is -0.439 e. The van der Waals surface area contributed by atoms with Gasteiger partial charge >= 0.3 is 6.18 Å². The number of rotatable bonds is 8. The van der Waals surface area contributed by atoms with E-state index in [1.54, 1.807) is 12.1 Å². The molecule has 0 spiro atoms. The van der Waals surface area contributed by atoms with Crippen LogP contribution in [0.25, 0.3) is 0 Å². The lowest BCUT2D eigenvalue weighted by Crippen LogP contribution is -2.08. The van der Waals surface area contributed by atoms with Gasteiger partial charge in [-0.25, -0.2) is 9.97 Å². The van der Waals surface area contributed by atoms with Gasteiger partial charge in [0.2, 0.25) is 5.88 Å². The number of nitrogens with one attached hydrogen (secondary N) is 1. The molecule has 4 nitrogen and oxygen atoms in total. The summed E-state index contributed by atoms with van der Waals surface area (Å²) in [5.74, 6) is 1.28. The van der Waals surface area contributed by atoms with Crippen LogP contribution < -0.4 is 10.1 Å². The van der Waals surface area contributed by atoms with E-state index >= 15 is 0 Å². The van der Waals surface area contributed by atoms with Crippen molar-refractivity contribution in [2.24, 2.45) is 0 Å². The number of alkyl halides is 3. The zero-order chi connectivity index (χ0) is 22.4. The van der Waals surface area contributed by atoms with E-state index in [2.05, 4.69) is 29.1 Å². The maximum Gasteiger partial charge on any atom is 0.417 e. The van der Waals surface area contributed by atoms with E-state index in [0.717, 1.165) is 48.2 Å². The number of ether oxygens (including phenoxy) is 1. The molecule has 164 valence electrons. The Hall–Kier alpha value is -2.80. The second-order valence-electron chi connectivity index (χ2n) is 6.94. The molecule has 1 aromatic carbocycles. The van der Waals surface area contributed by atoms with Crippen molar-refractivity contribution in [2.75, 3.05) is 11.9 Å². The Bertz CT molecular complexity index is 1010. The van der Waals surface area contributed by atoms with E-state index in [1.165, 1.54) is 6.07 Å². The first kappa shape index (κ1) is 22.9. The van der Waals surface area contributed by atoms with Gasteiger partial charge in [-0.05, 0) is 54.2 Å². The summed E-state index contributed by atoms with van der Waals surface area (Å²) in [5.41, 5.74) is 2.54. The average Bonchev–Trinajstić information content (AvgIpc) is 2.75. The molecular formula is C23H23ClF3N3O. The zero-order valence-corrected chi connectivity index (χ0v) is 18.0.